The van der Waals surface area contributed by atoms with Crippen molar-refractivity contribution in [2.24, 2.45) is 0 Å². The summed E-state index contributed by atoms with van der Waals surface area (Å²) in [4.78, 5) is 0. The number of rotatable bonds is 6. The van der Waals surface area contributed by atoms with Gasteiger partial charge in [-0.25, -0.2) is 0 Å². The molecule has 0 amide bonds. The normalized spacial score (nSPS) is 12.2. The number of anilines is 2. The second-order valence-corrected chi connectivity index (χ2v) is 7.65. The fourth-order valence-electron chi connectivity index (χ4n) is 3.86. The van der Waals surface area contributed by atoms with Gasteiger partial charge < -0.3 is 16.0 Å². The van der Waals surface area contributed by atoms with Crippen molar-refractivity contribution in [3.8, 4) is 0 Å². The van der Waals surface area contributed by atoms with Crippen molar-refractivity contribution in [1.82, 2.24) is 0 Å². The number of benzene rings is 2. The highest BCUT2D eigenvalue weighted by Crippen LogP contribution is 2.28. The summed E-state index contributed by atoms with van der Waals surface area (Å²) in [5.74, 6) is 0. The SMILES string of the molecule is CC[N+](C)(CC)CCC[n+]1c(C)c2cc(N)ccc2c2ccc(N)cc21. The zero-order valence-corrected chi connectivity index (χ0v) is 16.5. The summed E-state index contributed by atoms with van der Waals surface area (Å²) < 4.78 is 3.53. The largest absolute Gasteiger partial charge is 0.399 e. The van der Waals surface area contributed by atoms with Crippen molar-refractivity contribution in [3.05, 3.63) is 42.1 Å². The van der Waals surface area contributed by atoms with Crippen LogP contribution in [0, 0.1) is 6.92 Å². The van der Waals surface area contributed by atoms with Gasteiger partial charge in [0, 0.05) is 29.8 Å². The van der Waals surface area contributed by atoms with Crippen LogP contribution in [-0.4, -0.2) is 31.2 Å². The van der Waals surface area contributed by atoms with Gasteiger partial charge in [0.25, 0.3) is 0 Å². The number of nitrogens with two attached hydrogens (primary N) is 2. The molecule has 0 bridgehead atoms. The van der Waals surface area contributed by atoms with Crippen LogP contribution >= 0.6 is 0 Å². The molecule has 0 aliphatic rings. The van der Waals surface area contributed by atoms with Gasteiger partial charge in [-0.2, -0.15) is 4.57 Å². The third-order valence-electron chi connectivity index (χ3n) is 6.05. The molecule has 3 rings (SSSR count). The molecule has 3 aromatic rings. The molecule has 1 aromatic heterocycles. The molecule has 0 saturated heterocycles. The highest BCUT2D eigenvalue weighted by molar-refractivity contribution is 6.06. The van der Waals surface area contributed by atoms with E-state index in [9.17, 15) is 0 Å². The van der Waals surface area contributed by atoms with E-state index < -0.39 is 0 Å². The van der Waals surface area contributed by atoms with Crippen molar-refractivity contribution < 1.29 is 9.05 Å². The molecule has 4 heteroatoms. The number of hydrogen-bond acceptors (Lipinski definition) is 2. The Morgan fingerprint density at radius 2 is 1.50 bits per heavy atom. The highest BCUT2D eigenvalue weighted by atomic mass is 15.3. The van der Waals surface area contributed by atoms with Crippen molar-refractivity contribution >= 4 is 33.1 Å². The summed E-state index contributed by atoms with van der Waals surface area (Å²) in [5.41, 5.74) is 16.3. The summed E-state index contributed by atoms with van der Waals surface area (Å²) in [6.07, 6.45) is 1.14. The van der Waals surface area contributed by atoms with Gasteiger partial charge in [-0.1, -0.05) is 6.07 Å². The van der Waals surface area contributed by atoms with E-state index in [1.54, 1.807) is 0 Å². The van der Waals surface area contributed by atoms with Gasteiger partial charge in [-0.15, -0.1) is 0 Å². The van der Waals surface area contributed by atoms with Crippen molar-refractivity contribution in [1.29, 1.82) is 0 Å². The number of pyridine rings is 1. The van der Waals surface area contributed by atoms with E-state index in [1.165, 1.54) is 47.0 Å². The Balaban J connectivity index is 2.10. The summed E-state index contributed by atoms with van der Waals surface area (Å²) in [6, 6.07) is 12.4. The second kappa shape index (κ2) is 7.12. The predicted molar refractivity (Wildman–Crippen MR) is 112 cm³/mol. The van der Waals surface area contributed by atoms with Crippen LogP contribution in [-0.2, 0) is 6.54 Å². The van der Waals surface area contributed by atoms with Crippen LogP contribution in [0.5, 0.6) is 0 Å². The average molecular weight is 353 g/mol. The van der Waals surface area contributed by atoms with Crippen LogP contribution in [0.25, 0.3) is 21.7 Å². The molecule has 0 atom stereocenters. The van der Waals surface area contributed by atoms with Crippen molar-refractivity contribution in [2.45, 2.75) is 33.7 Å². The van der Waals surface area contributed by atoms with Crippen LogP contribution in [0.3, 0.4) is 0 Å². The molecule has 0 spiro atoms. The smallest absolute Gasteiger partial charge is 0.215 e. The molecule has 0 saturated carbocycles. The van der Waals surface area contributed by atoms with Crippen LogP contribution in [0.2, 0.25) is 0 Å². The van der Waals surface area contributed by atoms with E-state index in [0.29, 0.717) is 0 Å². The number of nitrogens with zero attached hydrogens (tertiary/aromatic N) is 2. The lowest BCUT2D eigenvalue weighted by Crippen LogP contribution is -2.46. The van der Waals surface area contributed by atoms with Gasteiger partial charge in [0.1, 0.15) is 0 Å². The third kappa shape index (κ3) is 3.34. The molecule has 0 radical (unpaired) electrons. The minimum atomic E-state index is 0.808. The van der Waals surface area contributed by atoms with E-state index >= 15 is 0 Å². The predicted octanol–water partition coefficient (Wildman–Crippen LogP) is 3.63. The minimum Gasteiger partial charge on any atom is -0.399 e. The number of aromatic nitrogens is 1. The van der Waals surface area contributed by atoms with Crippen LogP contribution in [0.15, 0.2) is 36.4 Å². The van der Waals surface area contributed by atoms with Gasteiger partial charge in [0.2, 0.25) is 5.52 Å². The standard InChI is InChI=1S/C22H31N4/c1-5-26(4,6-2)13-7-12-25-16(3)21-14-17(23)8-10-19(21)20-11-9-18(24)15-22(20)25/h8-11,14-15,24H,5-7,12-13,23H2,1-4H3/q+1/p+1. The zero-order chi connectivity index (χ0) is 18.9. The summed E-state index contributed by atoms with van der Waals surface area (Å²) >= 11 is 0. The third-order valence-corrected chi connectivity index (χ3v) is 6.05. The van der Waals surface area contributed by atoms with E-state index in [1.807, 2.05) is 12.1 Å². The lowest BCUT2D eigenvalue weighted by atomic mass is 10.0. The fraction of sp³-hybridized carbons (Fsp3) is 0.409. The first kappa shape index (κ1) is 18.5. The topological polar surface area (TPSA) is 55.9 Å². The maximum atomic E-state index is 6.12. The molecule has 1 heterocycles. The molecular formula is C22H32N4+2. The summed E-state index contributed by atoms with van der Waals surface area (Å²) in [5, 5.41) is 3.71. The Labute approximate surface area is 156 Å². The Bertz CT molecular complexity index is 942. The fourth-order valence-corrected chi connectivity index (χ4v) is 3.86. The quantitative estimate of drug-likeness (QED) is 0.308. The Morgan fingerprint density at radius 1 is 0.885 bits per heavy atom. The Kier molecular flexibility index (Phi) is 5.05. The van der Waals surface area contributed by atoms with Crippen LogP contribution < -0.4 is 16.0 Å². The highest BCUT2D eigenvalue weighted by Gasteiger charge is 2.21. The number of hydrogen-bond donors (Lipinski definition) is 2. The molecule has 26 heavy (non-hydrogen) atoms. The number of fused-ring (bicyclic) bond motifs is 3. The number of quaternary nitrogens is 1. The van der Waals surface area contributed by atoms with E-state index in [-0.39, 0.29) is 0 Å². The maximum absolute atomic E-state index is 6.12. The Hall–Kier alpha value is -2.33. The lowest BCUT2D eigenvalue weighted by molar-refractivity contribution is -0.908. The molecule has 0 fully saturated rings. The van der Waals surface area contributed by atoms with Gasteiger partial charge in [0.05, 0.1) is 43.9 Å². The van der Waals surface area contributed by atoms with E-state index in [0.717, 1.165) is 28.8 Å². The average Bonchev–Trinajstić information content (AvgIpc) is 2.64. The first-order valence-electron chi connectivity index (χ1n) is 9.63. The number of aryl methyl sites for hydroxylation is 2. The van der Waals surface area contributed by atoms with Crippen molar-refractivity contribution in [3.63, 3.8) is 0 Å². The molecule has 0 aliphatic carbocycles. The van der Waals surface area contributed by atoms with Gasteiger partial charge in [0.15, 0.2) is 12.2 Å². The molecular weight excluding hydrogens is 320 g/mol. The first-order valence-corrected chi connectivity index (χ1v) is 9.63. The first-order chi connectivity index (χ1) is 12.4. The van der Waals surface area contributed by atoms with Crippen LogP contribution in [0.1, 0.15) is 26.0 Å². The maximum Gasteiger partial charge on any atom is 0.215 e. The molecule has 0 unspecified atom stereocenters. The van der Waals surface area contributed by atoms with E-state index in [4.69, 9.17) is 11.5 Å². The number of nitrogen functional groups attached to an aromatic ring is 2. The second-order valence-electron chi connectivity index (χ2n) is 7.65. The minimum absolute atomic E-state index is 0.808. The zero-order valence-electron chi connectivity index (χ0n) is 16.5. The van der Waals surface area contributed by atoms with Crippen LogP contribution in [0.4, 0.5) is 11.4 Å². The molecule has 0 aliphatic heterocycles. The lowest BCUT2D eigenvalue weighted by Gasteiger charge is -2.31. The van der Waals surface area contributed by atoms with Gasteiger partial charge in [-0.3, -0.25) is 0 Å². The molecule has 2 aromatic carbocycles. The van der Waals surface area contributed by atoms with Gasteiger partial charge in [-0.05, 0) is 38.1 Å². The summed E-state index contributed by atoms with van der Waals surface area (Å²) in [7, 11) is 2.34. The molecule has 4 nitrogen and oxygen atoms in total. The monoisotopic (exact) mass is 352 g/mol. The Morgan fingerprint density at radius 3 is 2.15 bits per heavy atom. The van der Waals surface area contributed by atoms with E-state index in [2.05, 4.69) is 56.7 Å². The summed E-state index contributed by atoms with van der Waals surface area (Å²) in [6.45, 7) is 11.2. The van der Waals surface area contributed by atoms with Gasteiger partial charge >= 0.3 is 0 Å². The van der Waals surface area contributed by atoms with Crippen molar-refractivity contribution in [2.75, 3.05) is 38.1 Å². The molecule has 138 valence electrons. The molecule has 4 N–H and O–H groups in total.